The molecule has 0 aromatic heterocycles. The average molecular weight is 261 g/mol. The van der Waals surface area contributed by atoms with Crippen LogP contribution < -0.4 is 5.32 Å². The van der Waals surface area contributed by atoms with E-state index in [1.807, 2.05) is 18.2 Å². The topological polar surface area (TPSA) is 66.4 Å². The van der Waals surface area contributed by atoms with Crippen molar-refractivity contribution in [3.8, 4) is 0 Å². The van der Waals surface area contributed by atoms with Crippen LogP contribution in [0.25, 0.3) is 0 Å². The van der Waals surface area contributed by atoms with Gasteiger partial charge in [-0.1, -0.05) is 30.3 Å². The highest BCUT2D eigenvalue weighted by atomic mass is 16.4. The molecule has 1 fully saturated rings. The van der Waals surface area contributed by atoms with Crippen LogP contribution in [-0.4, -0.2) is 22.5 Å². The molecule has 2 N–H and O–H groups in total. The molecule has 0 aliphatic heterocycles. The number of carboxylic acid groups (broad SMARTS) is 1. The van der Waals surface area contributed by atoms with Crippen molar-refractivity contribution in [1.82, 2.24) is 5.32 Å². The van der Waals surface area contributed by atoms with Crippen LogP contribution in [0.3, 0.4) is 0 Å². The van der Waals surface area contributed by atoms with Gasteiger partial charge in [-0.2, -0.15) is 0 Å². The van der Waals surface area contributed by atoms with Gasteiger partial charge in [0, 0.05) is 6.92 Å². The molecule has 4 nitrogen and oxygen atoms in total. The van der Waals surface area contributed by atoms with Crippen molar-refractivity contribution in [3.63, 3.8) is 0 Å². The van der Waals surface area contributed by atoms with Crippen LogP contribution >= 0.6 is 0 Å². The Balaban J connectivity index is 2.08. The van der Waals surface area contributed by atoms with Gasteiger partial charge in [0.1, 0.15) is 5.54 Å². The molecule has 0 atom stereocenters. The zero-order valence-corrected chi connectivity index (χ0v) is 11.1. The average Bonchev–Trinajstić information content (AvgIpc) is 2.39. The largest absolute Gasteiger partial charge is 0.480 e. The fourth-order valence-corrected chi connectivity index (χ4v) is 2.90. The lowest BCUT2D eigenvalue weighted by molar-refractivity contribution is -0.149. The van der Waals surface area contributed by atoms with Crippen LogP contribution in [0.1, 0.15) is 44.1 Å². The summed E-state index contributed by atoms with van der Waals surface area (Å²) < 4.78 is 0. The molecule has 0 unspecified atom stereocenters. The Morgan fingerprint density at radius 2 is 1.79 bits per heavy atom. The summed E-state index contributed by atoms with van der Waals surface area (Å²) in [5.74, 6) is -0.808. The third kappa shape index (κ3) is 2.95. The maximum Gasteiger partial charge on any atom is 0.329 e. The normalized spacial score (nSPS) is 26.7. The number of hydrogen-bond donors (Lipinski definition) is 2. The first kappa shape index (κ1) is 13.6. The van der Waals surface area contributed by atoms with Crippen molar-refractivity contribution in [2.45, 2.75) is 44.1 Å². The number of hydrogen-bond acceptors (Lipinski definition) is 2. The number of nitrogens with one attached hydrogen (secondary N) is 1. The smallest absolute Gasteiger partial charge is 0.329 e. The lowest BCUT2D eigenvalue weighted by Crippen LogP contribution is -2.55. The van der Waals surface area contributed by atoms with Gasteiger partial charge in [-0.3, -0.25) is 4.79 Å². The molecule has 0 spiro atoms. The maximum absolute atomic E-state index is 11.4. The zero-order chi connectivity index (χ0) is 13.9. The molecule has 1 aliphatic carbocycles. The first-order valence-electron chi connectivity index (χ1n) is 6.60. The predicted molar refractivity (Wildman–Crippen MR) is 71.8 cm³/mol. The molecular formula is C15H19NO3. The SMILES string of the molecule is CC(=O)NC1(C(=O)O)CCC(c2ccccc2)CC1. The summed E-state index contributed by atoms with van der Waals surface area (Å²) in [6.45, 7) is 1.37. The Morgan fingerprint density at radius 1 is 1.21 bits per heavy atom. The summed E-state index contributed by atoms with van der Waals surface area (Å²) in [6, 6.07) is 10.1. The molecule has 1 aromatic carbocycles. The molecule has 4 heteroatoms. The molecule has 0 saturated heterocycles. The van der Waals surface area contributed by atoms with E-state index in [0.717, 1.165) is 12.8 Å². The molecule has 0 heterocycles. The number of aliphatic carboxylic acids is 1. The molecule has 0 radical (unpaired) electrons. The number of amides is 1. The number of benzene rings is 1. The van der Waals surface area contributed by atoms with Crippen LogP contribution in [0, 0.1) is 0 Å². The number of rotatable bonds is 3. The molecule has 2 rings (SSSR count). The predicted octanol–water partition coefficient (Wildman–Crippen LogP) is 2.30. The lowest BCUT2D eigenvalue weighted by atomic mass is 9.74. The van der Waals surface area contributed by atoms with E-state index in [2.05, 4.69) is 17.4 Å². The molecule has 1 saturated carbocycles. The van der Waals surface area contributed by atoms with Crippen molar-refractivity contribution >= 4 is 11.9 Å². The van der Waals surface area contributed by atoms with E-state index >= 15 is 0 Å². The second-order valence-electron chi connectivity index (χ2n) is 5.25. The van der Waals surface area contributed by atoms with Crippen LogP contribution in [0.4, 0.5) is 0 Å². The van der Waals surface area contributed by atoms with Gasteiger partial charge >= 0.3 is 5.97 Å². The molecule has 1 aliphatic rings. The number of carboxylic acids is 1. The monoisotopic (exact) mass is 261 g/mol. The van der Waals surface area contributed by atoms with E-state index in [4.69, 9.17) is 0 Å². The van der Waals surface area contributed by atoms with E-state index in [-0.39, 0.29) is 5.91 Å². The van der Waals surface area contributed by atoms with Gasteiger partial charge in [-0.25, -0.2) is 4.79 Å². The van der Waals surface area contributed by atoms with Crippen LogP contribution in [0.2, 0.25) is 0 Å². The summed E-state index contributed by atoms with van der Waals surface area (Å²) in [7, 11) is 0. The Bertz CT molecular complexity index is 462. The lowest BCUT2D eigenvalue weighted by Gasteiger charge is -2.37. The Labute approximate surface area is 112 Å². The van der Waals surface area contributed by atoms with E-state index in [0.29, 0.717) is 18.8 Å². The third-order valence-corrected chi connectivity index (χ3v) is 3.93. The number of carbonyl (C=O) groups is 2. The van der Waals surface area contributed by atoms with Crippen molar-refractivity contribution < 1.29 is 14.7 Å². The highest BCUT2D eigenvalue weighted by Gasteiger charge is 2.42. The summed E-state index contributed by atoms with van der Waals surface area (Å²) in [5.41, 5.74) is 0.182. The molecule has 0 bridgehead atoms. The first-order valence-corrected chi connectivity index (χ1v) is 6.60. The van der Waals surface area contributed by atoms with Gasteiger partial charge in [0.15, 0.2) is 0 Å². The van der Waals surface area contributed by atoms with Crippen molar-refractivity contribution in [3.05, 3.63) is 35.9 Å². The summed E-state index contributed by atoms with van der Waals surface area (Å²) in [5, 5.41) is 12.0. The van der Waals surface area contributed by atoms with Gasteiger partial charge in [0.2, 0.25) is 5.91 Å². The molecule has 1 amide bonds. The summed E-state index contributed by atoms with van der Waals surface area (Å²) in [4.78, 5) is 22.6. The van der Waals surface area contributed by atoms with Gasteiger partial charge in [-0.15, -0.1) is 0 Å². The van der Waals surface area contributed by atoms with E-state index in [9.17, 15) is 14.7 Å². The molecule has 1 aromatic rings. The van der Waals surface area contributed by atoms with Gasteiger partial charge in [0.25, 0.3) is 0 Å². The molecular weight excluding hydrogens is 242 g/mol. The Kier molecular flexibility index (Phi) is 3.88. The Hall–Kier alpha value is -1.84. The minimum atomic E-state index is -1.07. The first-order chi connectivity index (χ1) is 9.03. The fourth-order valence-electron chi connectivity index (χ4n) is 2.90. The second kappa shape index (κ2) is 5.43. The summed E-state index contributed by atoms with van der Waals surface area (Å²) >= 11 is 0. The minimum absolute atomic E-state index is 0.277. The highest BCUT2D eigenvalue weighted by Crippen LogP contribution is 2.38. The van der Waals surface area contributed by atoms with Gasteiger partial charge in [-0.05, 0) is 37.2 Å². The van der Waals surface area contributed by atoms with Crippen molar-refractivity contribution in [2.24, 2.45) is 0 Å². The van der Waals surface area contributed by atoms with Gasteiger partial charge < -0.3 is 10.4 Å². The van der Waals surface area contributed by atoms with Crippen molar-refractivity contribution in [1.29, 1.82) is 0 Å². The highest BCUT2D eigenvalue weighted by molar-refractivity contribution is 5.86. The molecule has 19 heavy (non-hydrogen) atoms. The summed E-state index contributed by atoms with van der Waals surface area (Å²) in [6.07, 6.45) is 2.55. The quantitative estimate of drug-likeness (QED) is 0.877. The number of carbonyl (C=O) groups excluding carboxylic acids is 1. The maximum atomic E-state index is 11.4. The van der Waals surface area contributed by atoms with E-state index in [1.54, 1.807) is 0 Å². The van der Waals surface area contributed by atoms with Crippen LogP contribution in [0.5, 0.6) is 0 Å². The zero-order valence-electron chi connectivity index (χ0n) is 11.1. The fraction of sp³-hybridized carbons (Fsp3) is 0.467. The second-order valence-corrected chi connectivity index (χ2v) is 5.25. The van der Waals surface area contributed by atoms with E-state index in [1.165, 1.54) is 12.5 Å². The van der Waals surface area contributed by atoms with E-state index < -0.39 is 11.5 Å². The standard InChI is InChI=1S/C15H19NO3/c1-11(17)16-15(14(18)19)9-7-13(8-10-15)12-5-3-2-4-6-12/h2-6,13H,7-10H2,1H3,(H,16,17)(H,18,19). The van der Waals surface area contributed by atoms with Crippen LogP contribution in [-0.2, 0) is 9.59 Å². The minimum Gasteiger partial charge on any atom is -0.480 e. The van der Waals surface area contributed by atoms with Crippen LogP contribution in [0.15, 0.2) is 30.3 Å². The van der Waals surface area contributed by atoms with Crippen molar-refractivity contribution in [2.75, 3.05) is 0 Å². The molecule has 102 valence electrons. The third-order valence-electron chi connectivity index (χ3n) is 3.93. The van der Waals surface area contributed by atoms with Gasteiger partial charge in [0.05, 0.1) is 0 Å². The Morgan fingerprint density at radius 3 is 2.26 bits per heavy atom.